The number of anilines is 1. The van der Waals surface area contributed by atoms with Gasteiger partial charge in [-0.05, 0) is 55.2 Å². The van der Waals surface area contributed by atoms with Crippen LogP contribution in [0.15, 0.2) is 47.6 Å². The van der Waals surface area contributed by atoms with E-state index in [1.165, 1.54) is 25.0 Å². The van der Waals surface area contributed by atoms with Gasteiger partial charge in [-0.3, -0.25) is 0 Å². The average Bonchev–Trinajstić information content (AvgIpc) is 3.20. The predicted molar refractivity (Wildman–Crippen MR) is 119 cm³/mol. The summed E-state index contributed by atoms with van der Waals surface area (Å²) in [5, 5.41) is 6.53. The summed E-state index contributed by atoms with van der Waals surface area (Å²) in [4.78, 5) is 11.5. The van der Waals surface area contributed by atoms with Crippen molar-refractivity contribution in [2.24, 2.45) is 4.99 Å². The normalized spacial score (nSPS) is 14.0. The van der Waals surface area contributed by atoms with Gasteiger partial charge in [-0.1, -0.05) is 12.1 Å². The number of nitrogens with zero attached hydrogens (tertiary/aromatic N) is 3. The molecule has 0 atom stereocenters. The van der Waals surface area contributed by atoms with Crippen LogP contribution in [0.5, 0.6) is 0 Å². The molecule has 146 valence electrons. The molecular formula is C20H27FIN5. The van der Waals surface area contributed by atoms with Crippen molar-refractivity contribution in [3.63, 3.8) is 0 Å². The van der Waals surface area contributed by atoms with E-state index in [1.807, 2.05) is 19.2 Å². The van der Waals surface area contributed by atoms with E-state index in [1.54, 1.807) is 12.1 Å². The van der Waals surface area contributed by atoms with Gasteiger partial charge in [0, 0.05) is 32.4 Å². The maximum Gasteiger partial charge on any atom is 0.191 e. The largest absolute Gasteiger partial charge is 0.357 e. The molecule has 1 aliphatic rings. The van der Waals surface area contributed by atoms with E-state index in [2.05, 4.69) is 31.6 Å². The molecule has 1 aromatic heterocycles. The van der Waals surface area contributed by atoms with Crippen LogP contribution in [0.25, 0.3) is 0 Å². The van der Waals surface area contributed by atoms with Crippen molar-refractivity contribution in [2.75, 3.05) is 24.5 Å². The molecule has 1 saturated heterocycles. The molecule has 0 amide bonds. The van der Waals surface area contributed by atoms with Gasteiger partial charge in [0.15, 0.2) is 5.96 Å². The van der Waals surface area contributed by atoms with E-state index in [0.29, 0.717) is 13.1 Å². The van der Waals surface area contributed by atoms with E-state index in [0.717, 1.165) is 42.5 Å². The minimum atomic E-state index is -0.221. The monoisotopic (exact) mass is 483 g/mol. The molecule has 27 heavy (non-hydrogen) atoms. The number of benzene rings is 1. The third kappa shape index (κ3) is 6.64. The zero-order chi connectivity index (χ0) is 18.2. The Balaban J connectivity index is 0.00000261. The van der Waals surface area contributed by atoms with Crippen LogP contribution in [0, 0.1) is 5.82 Å². The molecule has 0 saturated carbocycles. The molecule has 3 rings (SSSR count). The Bertz CT molecular complexity index is 729. The number of hydrogen-bond donors (Lipinski definition) is 2. The third-order valence-electron chi connectivity index (χ3n) is 4.38. The van der Waals surface area contributed by atoms with Gasteiger partial charge in [-0.25, -0.2) is 14.4 Å². The number of nitrogens with one attached hydrogen (secondary N) is 2. The van der Waals surface area contributed by atoms with Crippen LogP contribution < -0.4 is 15.5 Å². The molecule has 0 spiro atoms. The molecule has 7 heteroatoms. The fraction of sp³-hybridized carbons (Fsp3) is 0.400. The van der Waals surface area contributed by atoms with Crippen molar-refractivity contribution in [1.29, 1.82) is 0 Å². The minimum absolute atomic E-state index is 0. The molecule has 1 aliphatic heterocycles. The maximum atomic E-state index is 13.0. The average molecular weight is 483 g/mol. The van der Waals surface area contributed by atoms with Crippen molar-refractivity contribution >= 4 is 35.8 Å². The summed E-state index contributed by atoms with van der Waals surface area (Å²) >= 11 is 0. The van der Waals surface area contributed by atoms with Gasteiger partial charge in [0.2, 0.25) is 0 Å². The first-order valence-electron chi connectivity index (χ1n) is 9.21. The van der Waals surface area contributed by atoms with Crippen molar-refractivity contribution in [1.82, 2.24) is 15.6 Å². The Kier molecular flexibility index (Phi) is 8.77. The Morgan fingerprint density at radius 2 is 1.85 bits per heavy atom. The number of hydrogen-bond acceptors (Lipinski definition) is 3. The van der Waals surface area contributed by atoms with Crippen molar-refractivity contribution in [2.45, 2.75) is 32.9 Å². The second kappa shape index (κ2) is 11.1. The maximum absolute atomic E-state index is 13.0. The fourth-order valence-electron chi connectivity index (χ4n) is 2.98. The molecule has 2 N–H and O–H groups in total. The first-order chi connectivity index (χ1) is 12.7. The van der Waals surface area contributed by atoms with E-state index >= 15 is 0 Å². The van der Waals surface area contributed by atoms with Crippen LogP contribution in [0.4, 0.5) is 10.2 Å². The topological polar surface area (TPSA) is 52.6 Å². The van der Waals surface area contributed by atoms with Gasteiger partial charge >= 0.3 is 0 Å². The van der Waals surface area contributed by atoms with Gasteiger partial charge in [-0.15, -0.1) is 24.0 Å². The van der Waals surface area contributed by atoms with E-state index in [9.17, 15) is 4.39 Å². The number of aliphatic imine (C=N–C) groups is 1. The minimum Gasteiger partial charge on any atom is -0.357 e. The predicted octanol–water partition coefficient (Wildman–Crippen LogP) is 3.69. The van der Waals surface area contributed by atoms with Gasteiger partial charge in [0.05, 0.1) is 6.54 Å². The van der Waals surface area contributed by atoms with Crippen molar-refractivity contribution in [3.05, 3.63) is 59.5 Å². The lowest BCUT2D eigenvalue weighted by Gasteiger charge is -2.16. The summed E-state index contributed by atoms with van der Waals surface area (Å²) in [5.74, 6) is 1.57. The highest BCUT2D eigenvalue weighted by atomic mass is 127. The van der Waals surface area contributed by atoms with E-state index in [4.69, 9.17) is 0 Å². The van der Waals surface area contributed by atoms with Gasteiger partial charge in [-0.2, -0.15) is 0 Å². The summed E-state index contributed by atoms with van der Waals surface area (Å²) < 4.78 is 13.0. The van der Waals surface area contributed by atoms with Gasteiger partial charge in [0.1, 0.15) is 11.6 Å². The summed E-state index contributed by atoms with van der Waals surface area (Å²) in [6.45, 7) is 6.17. The number of aromatic nitrogens is 1. The summed E-state index contributed by atoms with van der Waals surface area (Å²) in [7, 11) is 0. The number of halogens is 2. The van der Waals surface area contributed by atoms with Gasteiger partial charge in [0.25, 0.3) is 0 Å². The Morgan fingerprint density at radius 1 is 1.11 bits per heavy atom. The Morgan fingerprint density at radius 3 is 2.56 bits per heavy atom. The molecule has 1 aromatic carbocycles. The Labute approximate surface area is 177 Å². The first-order valence-corrected chi connectivity index (χ1v) is 9.21. The molecular weight excluding hydrogens is 456 g/mol. The smallest absolute Gasteiger partial charge is 0.191 e. The second-order valence-corrected chi connectivity index (χ2v) is 6.39. The van der Waals surface area contributed by atoms with E-state index in [-0.39, 0.29) is 29.8 Å². The highest BCUT2D eigenvalue weighted by Crippen LogP contribution is 2.18. The summed E-state index contributed by atoms with van der Waals surface area (Å²) in [5.41, 5.74) is 2.15. The molecule has 5 nitrogen and oxygen atoms in total. The van der Waals surface area contributed by atoms with Crippen LogP contribution in [0.2, 0.25) is 0 Å². The quantitative estimate of drug-likeness (QED) is 0.374. The summed E-state index contributed by atoms with van der Waals surface area (Å²) in [6, 6.07) is 10.6. The fourth-order valence-corrected chi connectivity index (χ4v) is 2.98. The second-order valence-electron chi connectivity index (χ2n) is 6.39. The summed E-state index contributed by atoms with van der Waals surface area (Å²) in [6.07, 6.45) is 4.33. The zero-order valence-electron chi connectivity index (χ0n) is 15.6. The van der Waals surface area contributed by atoms with Crippen LogP contribution in [0.3, 0.4) is 0 Å². The lowest BCUT2D eigenvalue weighted by molar-refractivity contribution is 0.626. The molecule has 2 heterocycles. The molecule has 0 radical (unpaired) electrons. The van der Waals surface area contributed by atoms with Gasteiger partial charge < -0.3 is 15.5 Å². The standard InChI is InChI=1S/C20H26FN5.HI/c1-2-22-20(24-14-16-5-7-18(21)8-6-16)25-15-17-9-10-23-19(13-17)26-11-3-4-12-26;/h5-10,13H,2-4,11-12,14-15H2,1H3,(H2,22,24,25);1H. The molecule has 2 aromatic rings. The van der Waals surface area contributed by atoms with Crippen LogP contribution in [-0.2, 0) is 13.1 Å². The number of rotatable bonds is 6. The first kappa shape index (κ1) is 21.4. The number of pyridine rings is 1. The SMILES string of the molecule is CCNC(=NCc1ccnc(N2CCCC2)c1)NCc1ccc(F)cc1.I. The van der Waals surface area contributed by atoms with Crippen molar-refractivity contribution < 1.29 is 4.39 Å². The third-order valence-corrected chi connectivity index (χ3v) is 4.38. The lowest BCUT2D eigenvalue weighted by atomic mass is 10.2. The molecule has 0 bridgehead atoms. The van der Waals surface area contributed by atoms with Crippen LogP contribution in [-0.4, -0.2) is 30.6 Å². The molecule has 0 unspecified atom stereocenters. The van der Waals surface area contributed by atoms with Crippen LogP contribution >= 0.6 is 24.0 Å². The highest BCUT2D eigenvalue weighted by molar-refractivity contribution is 14.0. The van der Waals surface area contributed by atoms with Crippen molar-refractivity contribution in [3.8, 4) is 0 Å². The Hall–Kier alpha value is -1.90. The highest BCUT2D eigenvalue weighted by Gasteiger charge is 2.13. The molecule has 1 fully saturated rings. The molecule has 0 aliphatic carbocycles. The zero-order valence-corrected chi connectivity index (χ0v) is 17.9. The van der Waals surface area contributed by atoms with Crippen LogP contribution in [0.1, 0.15) is 30.9 Å². The van der Waals surface area contributed by atoms with E-state index < -0.39 is 0 Å². The lowest BCUT2D eigenvalue weighted by Crippen LogP contribution is -2.36. The number of guanidine groups is 1.